The fraction of sp³-hybridized carbons (Fsp3) is 0.154. The van der Waals surface area contributed by atoms with Crippen molar-refractivity contribution < 1.29 is 22.7 Å². The highest BCUT2D eigenvalue weighted by molar-refractivity contribution is 5.95. The van der Waals surface area contributed by atoms with Crippen molar-refractivity contribution in [3.05, 3.63) is 105 Å². The molecule has 34 heavy (non-hydrogen) atoms. The van der Waals surface area contributed by atoms with Crippen molar-refractivity contribution in [3.63, 3.8) is 0 Å². The van der Waals surface area contributed by atoms with Crippen LogP contribution in [0.3, 0.4) is 0 Å². The lowest BCUT2D eigenvalue weighted by Crippen LogP contribution is -2.37. The lowest BCUT2D eigenvalue weighted by atomic mass is 9.95. The molecular weight excluding hydrogens is 445 g/mol. The Morgan fingerprint density at radius 3 is 2.18 bits per heavy atom. The van der Waals surface area contributed by atoms with Gasteiger partial charge in [0.2, 0.25) is 0 Å². The van der Waals surface area contributed by atoms with Crippen molar-refractivity contribution in [2.45, 2.75) is 12.6 Å². The quantitative estimate of drug-likeness (QED) is 0.467. The number of carbonyl (C=O) groups excluding carboxylic acids is 1. The normalized spacial score (nSPS) is 15.2. The molecule has 2 heterocycles. The van der Waals surface area contributed by atoms with Gasteiger partial charge in [0.1, 0.15) is 5.82 Å². The SMILES string of the molecule is CN(C(=O)c1ccc(-c2ccc(F)cc2)cc1)[C@@H]1COCc2[nH]c(=O)c3cc(F)c(F)cc3c21. The Balaban J connectivity index is 1.50. The molecule has 0 radical (unpaired) electrons. The van der Waals surface area contributed by atoms with Gasteiger partial charge in [-0.05, 0) is 52.9 Å². The molecule has 8 heteroatoms. The van der Waals surface area contributed by atoms with Gasteiger partial charge in [-0.2, -0.15) is 0 Å². The van der Waals surface area contributed by atoms with Gasteiger partial charge >= 0.3 is 0 Å². The molecule has 0 saturated carbocycles. The Hall–Kier alpha value is -3.91. The smallest absolute Gasteiger partial charge is 0.256 e. The van der Waals surface area contributed by atoms with Gasteiger partial charge in [0.25, 0.3) is 11.5 Å². The number of ether oxygens (including phenoxy) is 1. The first kappa shape index (κ1) is 21.9. The van der Waals surface area contributed by atoms with E-state index in [-0.39, 0.29) is 35.7 Å². The second kappa shape index (κ2) is 8.46. The minimum atomic E-state index is -1.12. The number of likely N-dealkylation sites (N-methyl/N-ethyl adjacent to an activating group) is 1. The van der Waals surface area contributed by atoms with E-state index in [0.29, 0.717) is 16.8 Å². The van der Waals surface area contributed by atoms with Gasteiger partial charge in [0.15, 0.2) is 11.6 Å². The van der Waals surface area contributed by atoms with Crippen LogP contribution in [0, 0.1) is 17.5 Å². The number of halogens is 3. The average Bonchev–Trinajstić information content (AvgIpc) is 2.84. The minimum absolute atomic E-state index is 0.00838. The third kappa shape index (κ3) is 3.76. The molecule has 1 aliphatic rings. The first-order valence-corrected chi connectivity index (χ1v) is 10.6. The summed E-state index contributed by atoms with van der Waals surface area (Å²) in [5.74, 6) is -2.83. The van der Waals surface area contributed by atoms with E-state index in [1.54, 1.807) is 43.4 Å². The summed E-state index contributed by atoms with van der Waals surface area (Å²) in [5, 5.41) is 0.256. The predicted octanol–water partition coefficient (Wildman–Crippen LogP) is 4.96. The molecule has 0 aliphatic carbocycles. The molecule has 1 atom stereocenters. The van der Waals surface area contributed by atoms with Crippen LogP contribution < -0.4 is 5.56 Å². The highest BCUT2D eigenvalue weighted by Crippen LogP contribution is 2.34. The van der Waals surface area contributed by atoms with Crippen molar-refractivity contribution in [2.24, 2.45) is 0 Å². The zero-order valence-electron chi connectivity index (χ0n) is 18.1. The molecule has 1 amide bonds. The first-order valence-electron chi connectivity index (χ1n) is 10.6. The number of nitrogens with zero attached hydrogens (tertiary/aromatic N) is 1. The van der Waals surface area contributed by atoms with Gasteiger partial charge < -0.3 is 14.6 Å². The number of rotatable bonds is 3. The van der Waals surface area contributed by atoms with Gasteiger partial charge in [0, 0.05) is 23.9 Å². The Bertz CT molecular complexity index is 1460. The van der Waals surface area contributed by atoms with E-state index in [1.807, 2.05) is 0 Å². The highest BCUT2D eigenvalue weighted by Gasteiger charge is 2.31. The summed E-state index contributed by atoms with van der Waals surface area (Å²) in [4.78, 5) is 29.8. The van der Waals surface area contributed by atoms with Crippen LogP contribution in [0.25, 0.3) is 21.9 Å². The summed E-state index contributed by atoms with van der Waals surface area (Å²) >= 11 is 0. The van der Waals surface area contributed by atoms with Crippen LogP contribution in [0.15, 0.2) is 65.5 Å². The summed E-state index contributed by atoms with van der Waals surface area (Å²) in [6, 6.07) is 14.2. The predicted molar refractivity (Wildman–Crippen MR) is 121 cm³/mol. The Morgan fingerprint density at radius 2 is 1.53 bits per heavy atom. The van der Waals surface area contributed by atoms with Gasteiger partial charge in [0.05, 0.1) is 24.6 Å². The molecule has 4 aromatic rings. The molecule has 0 fully saturated rings. The number of pyridine rings is 1. The van der Waals surface area contributed by atoms with Crippen molar-refractivity contribution in [3.8, 4) is 11.1 Å². The van der Waals surface area contributed by atoms with E-state index >= 15 is 0 Å². The number of H-pyrrole nitrogens is 1. The van der Waals surface area contributed by atoms with Crippen LogP contribution in [0.2, 0.25) is 0 Å². The minimum Gasteiger partial charge on any atom is -0.373 e. The third-order valence-electron chi connectivity index (χ3n) is 6.14. The van der Waals surface area contributed by atoms with Crippen molar-refractivity contribution in [2.75, 3.05) is 13.7 Å². The fourth-order valence-corrected chi connectivity index (χ4v) is 4.34. The summed E-state index contributed by atoms with van der Waals surface area (Å²) in [5.41, 5.74) is 2.44. The van der Waals surface area contributed by atoms with Crippen molar-refractivity contribution >= 4 is 16.7 Å². The number of aromatic nitrogens is 1. The van der Waals surface area contributed by atoms with Crippen LogP contribution in [-0.2, 0) is 11.3 Å². The van der Waals surface area contributed by atoms with Crippen molar-refractivity contribution in [1.82, 2.24) is 9.88 Å². The maximum absolute atomic E-state index is 14.1. The fourth-order valence-electron chi connectivity index (χ4n) is 4.34. The molecule has 0 unspecified atom stereocenters. The largest absolute Gasteiger partial charge is 0.373 e. The first-order chi connectivity index (χ1) is 16.3. The Morgan fingerprint density at radius 1 is 0.941 bits per heavy atom. The molecule has 5 nitrogen and oxygen atoms in total. The molecular formula is C26H19F3N2O3. The average molecular weight is 464 g/mol. The third-order valence-corrected chi connectivity index (χ3v) is 6.14. The molecule has 3 aromatic carbocycles. The lowest BCUT2D eigenvalue weighted by Gasteiger charge is -2.34. The monoisotopic (exact) mass is 464 g/mol. The number of benzene rings is 3. The van der Waals surface area contributed by atoms with E-state index in [4.69, 9.17) is 4.74 Å². The number of amides is 1. The van der Waals surface area contributed by atoms with E-state index in [1.165, 1.54) is 17.0 Å². The zero-order valence-corrected chi connectivity index (χ0v) is 18.1. The highest BCUT2D eigenvalue weighted by atomic mass is 19.2. The van der Waals surface area contributed by atoms with E-state index in [2.05, 4.69) is 4.98 Å². The molecule has 5 rings (SSSR count). The van der Waals surface area contributed by atoms with Gasteiger partial charge in [-0.3, -0.25) is 9.59 Å². The summed E-state index contributed by atoms with van der Waals surface area (Å²) in [6.07, 6.45) is 0. The number of nitrogens with one attached hydrogen (secondary N) is 1. The molecule has 0 spiro atoms. The maximum atomic E-state index is 14.1. The number of carbonyl (C=O) groups is 1. The second-order valence-corrected chi connectivity index (χ2v) is 8.19. The molecule has 1 aliphatic heterocycles. The topological polar surface area (TPSA) is 62.4 Å². The van der Waals surface area contributed by atoms with Gasteiger partial charge in [-0.25, -0.2) is 13.2 Å². The van der Waals surface area contributed by atoms with Crippen molar-refractivity contribution in [1.29, 1.82) is 0 Å². The molecule has 0 bridgehead atoms. The van der Waals surface area contributed by atoms with E-state index in [9.17, 15) is 22.8 Å². The molecule has 0 saturated heterocycles. The van der Waals surface area contributed by atoms with Crippen LogP contribution >= 0.6 is 0 Å². The zero-order chi connectivity index (χ0) is 24.0. The second-order valence-electron chi connectivity index (χ2n) is 8.19. The maximum Gasteiger partial charge on any atom is 0.256 e. The molecule has 1 N–H and O–H groups in total. The molecule has 1 aromatic heterocycles. The molecule has 172 valence electrons. The number of fused-ring (bicyclic) bond motifs is 3. The summed E-state index contributed by atoms with van der Waals surface area (Å²) < 4.78 is 46.7. The summed E-state index contributed by atoms with van der Waals surface area (Å²) in [7, 11) is 1.59. The van der Waals surface area contributed by atoms with E-state index in [0.717, 1.165) is 23.3 Å². The summed E-state index contributed by atoms with van der Waals surface area (Å²) in [6.45, 7) is 0.216. The number of hydrogen-bond donors (Lipinski definition) is 1. The number of aromatic amines is 1. The van der Waals surface area contributed by atoms with Crippen LogP contribution in [0.4, 0.5) is 13.2 Å². The van der Waals surface area contributed by atoms with E-state index < -0.39 is 23.2 Å². The van der Waals surface area contributed by atoms with Crippen LogP contribution in [0.5, 0.6) is 0 Å². The van der Waals surface area contributed by atoms with Gasteiger partial charge in [-0.1, -0.05) is 24.3 Å². The standard InChI is InChI=1S/C26H19F3N2O3/c1-31(26(33)16-4-2-14(3-5-16)15-6-8-17(27)9-7-15)23-13-34-12-22-24(23)18-10-20(28)21(29)11-19(18)25(32)30-22/h2-11,23H,12-13H2,1H3,(H,30,32)/t23-/m1/s1. The van der Waals surface area contributed by atoms with Crippen LogP contribution in [-0.4, -0.2) is 29.4 Å². The Labute approximate surface area is 192 Å². The Kier molecular flexibility index (Phi) is 5.45. The van der Waals surface area contributed by atoms with Gasteiger partial charge in [-0.15, -0.1) is 0 Å². The lowest BCUT2D eigenvalue weighted by molar-refractivity contribution is 0.0335. The number of hydrogen-bond acceptors (Lipinski definition) is 3. The van der Waals surface area contributed by atoms with Crippen LogP contribution in [0.1, 0.15) is 27.7 Å².